The van der Waals surface area contributed by atoms with Gasteiger partial charge in [-0.3, -0.25) is 14.4 Å². The molecule has 0 fully saturated rings. The fourth-order valence-corrected chi connectivity index (χ4v) is 9.84. The second kappa shape index (κ2) is 63.2. The van der Waals surface area contributed by atoms with Crippen LogP contribution >= 0.6 is 0 Å². The third kappa shape index (κ3) is 60.5. The molecule has 0 saturated carbocycles. The number of carbonyl (C=O) groups is 3. The Morgan fingerprint density at radius 3 is 0.703 bits per heavy atom. The van der Waals surface area contributed by atoms with Gasteiger partial charge < -0.3 is 14.2 Å². The third-order valence-corrected chi connectivity index (χ3v) is 14.8. The van der Waals surface area contributed by atoms with Crippen molar-refractivity contribution < 1.29 is 28.6 Å². The molecule has 0 aliphatic rings. The van der Waals surface area contributed by atoms with Crippen molar-refractivity contribution in [1.82, 2.24) is 0 Å². The monoisotopic (exact) mass is 1040 g/mol. The third-order valence-electron chi connectivity index (χ3n) is 14.8. The van der Waals surface area contributed by atoms with Gasteiger partial charge in [-0.05, 0) is 96.3 Å². The van der Waals surface area contributed by atoms with Gasteiger partial charge in [0.25, 0.3) is 0 Å². The summed E-state index contributed by atoms with van der Waals surface area (Å²) >= 11 is 0. The van der Waals surface area contributed by atoms with Gasteiger partial charge in [-0.2, -0.15) is 0 Å². The summed E-state index contributed by atoms with van der Waals surface area (Å²) in [5.74, 6) is -0.863. The normalized spacial score (nSPS) is 12.2. The number of allylic oxidation sites excluding steroid dienone is 6. The van der Waals surface area contributed by atoms with E-state index in [0.29, 0.717) is 19.3 Å². The highest BCUT2D eigenvalue weighted by atomic mass is 16.6. The Morgan fingerprint density at radius 2 is 0.446 bits per heavy atom. The van der Waals surface area contributed by atoms with Crippen LogP contribution in [-0.4, -0.2) is 37.2 Å². The van der Waals surface area contributed by atoms with Crippen molar-refractivity contribution in [3.8, 4) is 0 Å². The number of rotatable bonds is 61. The van der Waals surface area contributed by atoms with Gasteiger partial charge in [-0.1, -0.05) is 282 Å². The second-order valence-corrected chi connectivity index (χ2v) is 22.4. The minimum Gasteiger partial charge on any atom is -0.462 e. The van der Waals surface area contributed by atoms with Gasteiger partial charge in [0, 0.05) is 19.3 Å². The lowest BCUT2D eigenvalue weighted by Crippen LogP contribution is -2.30. The summed E-state index contributed by atoms with van der Waals surface area (Å²) in [7, 11) is 0. The van der Waals surface area contributed by atoms with Crippen molar-refractivity contribution in [1.29, 1.82) is 0 Å². The number of unbranched alkanes of at least 4 members (excludes halogenated alkanes) is 44. The lowest BCUT2D eigenvalue weighted by atomic mass is 10.0. The Hall–Kier alpha value is -2.37. The fraction of sp³-hybridized carbons (Fsp3) is 0.868. The number of esters is 3. The Kier molecular flexibility index (Phi) is 61.1. The molecule has 0 aliphatic carbocycles. The molecule has 0 aliphatic heterocycles. The number of hydrogen-bond acceptors (Lipinski definition) is 6. The first kappa shape index (κ1) is 71.6. The van der Waals surface area contributed by atoms with E-state index in [1.54, 1.807) is 0 Å². The molecule has 0 bridgehead atoms. The number of hydrogen-bond donors (Lipinski definition) is 0. The first-order valence-corrected chi connectivity index (χ1v) is 33.0. The maximum Gasteiger partial charge on any atom is 0.306 e. The molecular weight excluding hydrogens is 913 g/mol. The summed E-state index contributed by atoms with van der Waals surface area (Å²) in [4.78, 5) is 38.3. The molecule has 0 spiro atoms. The van der Waals surface area contributed by atoms with Crippen LogP contribution in [0.2, 0.25) is 0 Å². The zero-order valence-electron chi connectivity index (χ0n) is 49.9. The molecule has 0 rings (SSSR count). The highest BCUT2D eigenvalue weighted by Gasteiger charge is 2.19. The maximum absolute atomic E-state index is 12.9. The van der Waals surface area contributed by atoms with Crippen LogP contribution in [0.4, 0.5) is 0 Å². The summed E-state index contributed by atoms with van der Waals surface area (Å²) in [6.45, 7) is 6.66. The quantitative estimate of drug-likeness (QED) is 0.0261. The SMILES string of the molecule is CCCCC/C=C\CCCCCCCC(=O)OCC(COC(=O)CCCCCCCCCCCCC/C=C\CCCCCCCCCC)OC(=O)CCCCCCCCCCC/C=C\CCCCCCCCCC. The zero-order valence-corrected chi connectivity index (χ0v) is 49.9. The topological polar surface area (TPSA) is 78.9 Å². The molecule has 0 aromatic heterocycles. The summed E-state index contributed by atoms with van der Waals surface area (Å²) in [6.07, 6.45) is 77.3. The molecule has 0 heterocycles. The smallest absolute Gasteiger partial charge is 0.306 e. The van der Waals surface area contributed by atoms with Crippen LogP contribution in [0.25, 0.3) is 0 Å². The minimum atomic E-state index is -0.776. The van der Waals surface area contributed by atoms with Crippen molar-refractivity contribution in [2.45, 2.75) is 367 Å². The van der Waals surface area contributed by atoms with E-state index >= 15 is 0 Å². The van der Waals surface area contributed by atoms with Crippen LogP contribution in [0.5, 0.6) is 0 Å². The van der Waals surface area contributed by atoms with Crippen LogP contribution in [0, 0.1) is 0 Å². The highest BCUT2D eigenvalue weighted by Crippen LogP contribution is 2.17. The Labute approximate surface area is 461 Å². The number of carbonyl (C=O) groups excluding carboxylic acids is 3. The summed E-state index contributed by atoms with van der Waals surface area (Å²) in [5.41, 5.74) is 0. The van der Waals surface area contributed by atoms with E-state index in [9.17, 15) is 14.4 Å². The van der Waals surface area contributed by atoms with Crippen molar-refractivity contribution in [2.75, 3.05) is 13.2 Å². The van der Waals surface area contributed by atoms with Crippen LogP contribution in [0.15, 0.2) is 36.5 Å². The van der Waals surface area contributed by atoms with Crippen molar-refractivity contribution in [2.24, 2.45) is 0 Å². The lowest BCUT2D eigenvalue weighted by Gasteiger charge is -2.18. The molecule has 1 unspecified atom stereocenters. The molecule has 0 N–H and O–H groups in total. The van der Waals surface area contributed by atoms with E-state index < -0.39 is 6.10 Å². The van der Waals surface area contributed by atoms with Gasteiger partial charge in [0.15, 0.2) is 6.10 Å². The molecule has 1 atom stereocenters. The average Bonchev–Trinajstić information content (AvgIpc) is 3.40. The van der Waals surface area contributed by atoms with Gasteiger partial charge in [0.1, 0.15) is 13.2 Å². The number of ether oxygens (including phenoxy) is 3. The second-order valence-electron chi connectivity index (χ2n) is 22.4. The molecule has 6 heteroatoms. The predicted octanol–water partition coefficient (Wildman–Crippen LogP) is 22.4. The standard InChI is InChI=1S/C68H126O6/c1-4-7-10-13-16-19-22-25-27-29-31-33-34-36-37-39-41-43-46-49-52-55-58-61-67(70)73-64-65(63-72-66(69)60-57-54-51-48-45-24-21-18-15-12-9-6-3)74-68(71)62-59-56-53-50-47-44-42-40-38-35-32-30-28-26-23-20-17-14-11-8-5-2/h18,21,29-32,65H,4-17,19-20,22-28,33-64H2,1-3H3/b21-18-,31-29-,32-30-. The van der Waals surface area contributed by atoms with E-state index in [0.717, 1.165) is 64.2 Å². The van der Waals surface area contributed by atoms with Gasteiger partial charge >= 0.3 is 17.9 Å². The highest BCUT2D eigenvalue weighted by molar-refractivity contribution is 5.71. The van der Waals surface area contributed by atoms with E-state index in [1.807, 2.05) is 0 Å². The van der Waals surface area contributed by atoms with E-state index in [2.05, 4.69) is 57.2 Å². The zero-order chi connectivity index (χ0) is 53.6. The first-order chi connectivity index (χ1) is 36.5. The minimum absolute atomic E-state index is 0.0729. The predicted molar refractivity (Wildman–Crippen MR) is 321 cm³/mol. The van der Waals surface area contributed by atoms with E-state index in [1.165, 1.54) is 257 Å². The van der Waals surface area contributed by atoms with Crippen molar-refractivity contribution in [3.05, 3.63) is 36.5 Å². The van der Waals surface area contributed by atoms with Crippen molar-refractivity contribution >= 4 is 17.9 Å². The fourth-order valence-electron chi connectivity index (χ4n) is 9.84. The molecular formula is C68H126O6. The molecule has 0 saturated heterocycles. The Balaban J connectivity index is 4.26. The van der Waals surface area contributed by atoms with Crippen LogP contribution in [0.3, 0.4) is 0 Å². The first-order valence-electron chi connectivity index (χ1n) is 33.0. The largest absolute Gasteiger partial charge is 0.462 e. The molecule has 74 heavy (non-hydrogen) atoms. The summed E-state index contributed by atoms with van der Waals surface area (Å²) in [5, 5.41) is 0. The molecule has 0 amide bonds. The van der Waals surface area contributed by atoms with Crippen LogP contribution < -0.4 is 0 Å². The maximum atomic E-state index is 12.9. The van der Waals surface area contributed by atoms with Gasteiger partial charge in [0.2, 0.25) is 0 Å². The van der Waals surface area contributed by atoms with Gasteiger partial charge in [0.05, 0.1) is 0 Å². The Bertz CT molecular complexity index is 1240. The molecule has 434 valence electrons. The van der Waals surface area contributed by atoms with Crippen LogP contribution in [0.1, 0.15) is 361 Å². The van der Waals surface area contributed by atoms with Crippen LogP contribution in [-0.2, 0) is 28.6 Å². The Morgan fingerprint density at radius 1 is 0.257 bits per heavy atom. The molecule has 0 aromatic rings. The molecule has 0 radical (unpaired) electrons. The lowest BCUT2D eigenvalue weighted by molar-refractivity contribution is -0.167. The van der Waals surface area contributed by atoms with E-state index in [-0.39, 0.29) is 31.1 Å². The van der Waals surface area contributed by atoms with Gasteiger partial charge in [-0.15, -0.1) is 0 Å². The average molecular weight is 1040 g/mol. The van der Waals surface area contributed by atoms with Gasteiger partial charge in [-0.25, -0.2) is 0 Å². The van der Waals surface area contributed by atoms with Crippen molar-refractivity contribution in [3.63, 3.8) is 0 Å². The summed E-state index contributed by atoms with van der Waals surface area (Å²) < 4.78 is 16.9. The molecule has 6 nitrogen and oxygen atoms in total. The summed E-state index contributed by atoms with van der Waals surface area (Å²) in [6, 6.07) is 0. The molecule has 0 aromatic carbocycles. The van der Waals surface area contributed by atoms with E-state index in [4.69, 9.17) is 14.2 Å².